The summed E-state index contributed by atoms with van der Waals surface area (Å²) in [7, 11) is 1.68. The van der Waals surface area contributed by atoms with Crippen LogP contribution in [0.4, 0.5) is 0 Å². The Morgan fingerprint density at radius 2 is 2.10 bits per heavy atom. The average Bonchev–Trinajstić information content (AvgIpc) is 2.47. The summed E-state index contributed by atoms with van der Waals surface area (Å²) in [5, 5.41) is 3.43. The number of benzene rings is 1. The van der Waals surface area contributed by atoms with Gasteiger partial charge in [-0.15, -0.1) is 0 Å². The lowest BCUT2D eigenvalue weighted by Crippen LogP contribution is -2.18. The van der Waals surface area contributed by atoms with Crippen LogP contribution >= 0.6 is 11.8 Å². The van der Waals surface area contributed by atoms with Crippen LogP contribution in [0, 0.1) is 0 Å². The zero-order valence-electron chi connectivity index (χ0n) is 13.1. The molecule has 0 amide bonds. The van der Waals surface area contributed by atoms with Gasteiger partial charge in [0.25, 0.3) is 0 Å². The van der Waals surface area contributed by atoms with Crippen molar-refractivity contribution in [2.45, 2.75) is 33.2 Å². The van der Waals surface area contributed by atoms with Crippen LogP contribution in [-0.4, -0.2) is 31.8 Å². The summed E-state index contributed by atoms with van der Waals surface area (Å²) in [4.78, 5) is 0. The van der Waals surface area contributed by atoms with Crippen molar-refractivity contribution in [2.24, 2.45) is 0 Å². The predicted molar refractivity (Wildman–Crippen MR) is 88.2 cm³/mol. The van der Waals surface area contributed by atoms with Crippen LogP contribution < -0.4 is 14.8 Å². The van der Waals surface area contributed by atoms with E-state index in [0.717, 1.165) is 36.8 Å². The molecule has 0 aromatic heterocycles. The number of thioether (sulfide) groups is 1. The molecule has 0 saturated heterocycles. The van der Waals surface area contributed by atoms with Gasteiger partial charge in [-0.3, -0.25) is 0 Å². The summed E-state index contributed by atoms with van der Waals surface area (Å²) < 4.78 is 11.3. The maximum absolute atomic E-state index is 5.96. The Hall–Kier alpha value is -0.870. The van der Waals surface area contributed by atoms with Crippen molar-refractivity contribution < 1.29 is 9.47 Å². The largest absolute Gasteiger partial charge is 0.497 e. The minimum absolute atomic E-state index is 0.283. The molecule has 0 bridgehead atoms. The van der Waals surface area contributed by atoms with Crippen LogP contribution in [0.25, 0.3) is 0 Å². The molecule has 0 aliphatic rings. The Morgan fingerprint density at radius 3 is 2.75 bits per heavy atom. The molecule has 0 radical (unpaired) electrons. The van der Waals surface area contributed by atoms with Gasteiger partial charge in [0, 0.05) is 17.7 Å². The highest BCUT2D eigenvalue weighted by molar-refractivity contribution is 7.99. The van der Waals surface area contributed by atoms with Crippen LogP contribution in [0.5, 0.6) is 11.5 Å². The Bertz CT molecular complexity index is 385. The normalized spacial score (nSPS) is 12.2. The molecular formula is C16H27NO2S. The van der Waals surface area contributed by atoms with Gasteiger partial charge in [0.2, 0.25) is 0 Å². The van der Waals surface area contributed by atoms with Crippen LogP contribution in [0.2, 0.25) is 0 Å². The Morgan fingerprint density at radius 1 is 1.30 bits per heavy atom. The molecule has 1 rings (SSSR count). The first-order valence-electron chi connectivity index (χ1n) is 7.34. The third kappa shape index (κ3) is 5.63. The van der Waals surface area contributed by atoms with Gasteiger partial charge < -0.3 is 14.8 Å². The highest BCUT2D eigenvalue weighted by Crippen LogP contribution is 2.29. The summed E-state index contributed by atoms with van der Waals surface area (Å²) in [5.74, 6) is 4.09. The summed E-state index contributed by atoms with van der Waals surface area (Å²) in [6.45, 7) is 8.16. The van der Waals surface area contributed by atoms with Crippen LogP contribution in [-0.2, 0) is 0 Å². The number of methoxy groups -OCH3 is 1. The second-order valence-electron chi connectivity index (χ2n) is 4.58. The summed E-state index contributed by atoms with van der Waals surface area (Å²) in [6.07, 6.45) is 1.07. The molecule has 1 aromatic carbocycles. The molecule has 0 aliphatic carbocycles. The lowest BCUT2D eigenvalue weighted by atomic mass is 10.1. The third-order valence-corrected chi connectivity index (χ3v) is 4.08. The van der Waals surface area contributed by atoms with Crippen molar-refractivity contribution >= 4 is 11.8 Å². The van der Waals surface area contributed by atoms with E-state index in [0.29, 0.717) is 0 Å². The van der Waals surface area contributed by atoms with Crippen molar-refractivity contribution in [3.63, 3.8) is 0 Å². The van der Waals surface area contributed by atoms with Gasteiger partial charge in [0.1, 0.15) is 11.5 Å². The van der Waals surface area contributed by atoms with Crippen molar-refractivity contribution in [1.82, 2.24) is 5.32 Å². The first-order chi connectivity index (χ1) is 9.72. The highest BCUT2D eigenvalue weighted by atomic mass is 32.2. The van der Waals surface area contributed by atoms with E-state index in [-0.39, 0.29) is 6.04 Å². The van der Waals surface area contributed by atoms with Crippen LogP contribution in [0.3, 0.4) is 0 Å². The molecular weight excluding hydrogens is 270 g/mol. The summed E-state index contributed by atoms with van der Waals surface area (Å²) in [5.41, 5.74) is 1.19. The molecule has 1 aromatic rings. The van der Waals surface area contributed by atoms with Gasteiger partial charge in [-0.2, -0.15) is 11.8 Å². The minimum atomic E-state index is 0.283. The fraction of sp³-hybridized carbons (Fsp3) is 0.625. The van der Waals surface area contributed by atoms with Crippen molar-refractivity contribution in [3.05, 3.63) is 23.8 Å². The van der Waals surface area contributed by atoms with Gasteiger partial charge in [-0.1, -0.05) is 19.9 Å². The Kier molecular flexibility index (Phi) is 8.54. The van der Waals surface area contributed by atoms with Crippen LogP contribution in [0.1, 0.15) is 38.8 Å². The zero-order chi connectivity index (χ0) is 14.8. The van der Waals surface area contributed by atoms with Gasteiger partial charge in [-0.05, 0) is 37.5 Å². The van der Waals surface area contributed by atoms with Gasteiger partial charge in [0.05, 0.1) is 13.7 Å². The van der Waals surface area contributed by atoms with Gasteiger partial charge in [-0.25, -0.2) is 0 Å². The van der Waals surface area contributed by atoms with E-state index in [1.807, 2.05) is 23.9 Å². The molecule has 3 nitrogen and oxygen atoms in total. The topological polar surface area (TPSA) is 30.5 Å². The maximum Gasteiger partial charge on any atom is 0.127 e. The molecule has 0 fully saturated rings. The van der Waals surface area contributed by atoms with E-state index in [1.165, 1.54) is 11.3 Å². The van der Waals surface area contributed by atoms with E-state index in [9.17, 15) is 0 Å². The minimum Gasteiger partial charge on any atom is -0.497 e. The van der Waals surface area contributed by atoms with Crippen molar-refractivity contribution in [1.29, 1.82) is 0 Å². The fourth-order valence-electron chi connectivity index (χ4n) is 2.03. The predicted octanol–water partition coefficient (Wildman–Crippen LogP) is 3.89. The Labute approximate surface area is 127 Å². The van der Waals surface area contributed by atoms with Gasteiger partial charge in [0.15, 0.2) is 0 Å². The lowest BCUT2D eigenvalue weighted by Gasteiger charge is -2.18. The summed E-state index contributed by atoms with van der Waals surface area (Å²) in [6, 6.07) is 6.34. The van der Waals surface area contributed by atoms with Crippen LogP contribution in [0.15, 0.2) is 18.2 Å². The van der Waals surface area contributed by atoms with E-state index < -0.39 is 0 Å². The lowest BCUT2D eigenvalue weighted by molar-refractivity contribution is 0.309. The third-order valence-electron chi connectivity index (χ3n) is 3.09. The second kappa shape index (κ2) is 9.94. The molecule has 0 aliphatic heterocycles. The molecule has 1 unspecified atom stereocenters. The standard InChI is InChI=1S/C16H27NO2S/c1-5-17-13(3)15-9-8-14(18-4)12-16(15)19-10-7-11-20-6-2/h8-9,12-13,17H,5-7,10-11H2,1-4H3. The second-order valence-corrected chi connectivity index (χ2v) is 5.98. The number of rotatable bonds is 10. The molecule has 20 heavy (non-hydrogen) atoms. The molecule has 1 atom stereocenters. The number of ether oxygens (including phenoxy) is 2. The summed E-state index contributed by atoms with van der Waals surface area (Å²) >= 11 is 1.95. The zero-order valence-corrected chi connectivity index (χ0v) is 13.9. The van der Waals surface area contributed by atoms with Crippen molar-refractivity contribution in [2.75, 3.05) is 31.8 Å². The van der Waals surface area contributed by atoms with Gasteiger partial charge >= 0.3 is 0 Å². The van der Waals surface area contributed by atoms with Crippen molar-refractivity contribution in [3.8, 4) is 11.5 Å². The number of hydrogen-bond donors (Lipinski definition) is 1. The Balaban J connectivity index is 2.68. The van der Waals surface area contributed by atoms with E-state index in [4.69, 9.17) is 9.47 Å². The molecule has 0 spiro atoms. The quantitative estimate of drug-likeness (QED) is 0.664. The van der Waals surface area contributed by atoms with E-state index >= 15 is 0 Å². The number of nitrogens with one attached hydrogen (secondary N) is 1. The fourth-order valence-corrected chi connectivity index (χ4v) is 2.64. The molecule has 0 heterocycles. The number of hydrogen-bond acceptors (Lipinski definition) is 4. The van der Waals surface area contributed by atoms with E-state index in [2.05, 4.69) is 32.2 Å². The molecule has 114 valence electrons. The molecule has 1 N–H and O–H groups in total. The molecule has 0 saturated carbocycles. The molecule has 4 heteroatoms. The first kappa shape index (κ1) is 17.2. The average molecular weight is 297 g/mol. The smallest absolute Gasteiger partial charge is 0.127 e. The first-order valence-corrected chi connectivity index (χ1v) is 8.50. The highest BCUT2D eigenvalue weighted by Gasteiger charge is 2.12. The monoisotopic (exact) mass is 297 g/mol. The SMILES string of the molecule is CCNC(C)c1ccc(OC)cc1OCCCSCC. The van der Waals surface area contributed by atoms with E-state index in [1.54, 1.807) is 7.11 Å². The maximum atomic E-state index is 5.96.